The third-order valence-corrected chi connectivity index (χ3v) is 5.65. The molecule has 0 saturated heterocycles. The van der Waals surface area contributed by atoms with Crippen LogP contribution in [0.4, 0.5) is 17.2 Å². The van der Waals surface area contributed by atoms with Crippen molar-refractivity contribution < 1.29 is 23.8 Å². The number of amides is 1. The summed E-state index contributed by atoms with van der Waals surface area (Å²) in [4.78, 5) is 33.7. The molecule has 4 rings (SSSR count). The van der Waals surface area contributed by atoms with E-state index >= 15 is 0 Å². The van der Waals surface area contributed by atoms with Crippen molar-refractivity contribution in [2.24, 2.45) is 0 Å². The third-order valence-electron chi connectivity index (χ3n) is 4.56. The molecule has 0 aliphatic carbocycles. The minimum absolute atomic E-state index is 0.0242. The van der Waals surface area contributed by atoms with E-state index in [-0.39, 0.29) is 50.5 Å². The van der Waals surface area contributed by atoms with Crippen LogP contribution in [0.15, 0.2) is 63.6 Å². The number of carbonyl (C=O) groups excluding carboxylic acids is 1. The molecule has 0 saturated carbocycles. The number of furan rings is 1. The first-order valence-electron chi connectivity index (χ1n) is 9.79. The van der Waals surface area contributed by atoms with E-state index in [9.17, 15) is 25.0 Å². The number of halogens is 3. The maximum absolute atomic E-state index is 12.7. The number of ether oxygens (including phenoxy) is 1. The molecule has 0 radical (unpaired) electrons. The molecule has 0 aliphatic rings. The van der Waals surface area contributed by atoms with Crippen LogP contribution >= 0.6 is 39.1 Å². The number of nitro groups is 2. The lowest BCUT2D eigenvalue weighted by atomic mass is 10.2. The monoisotopic (exact) mass is 595 g/mol. The Morgan fingerprint density at radius 1 is 1.11 bits per heavy atom. The Morgan fingerprint density at radius 2 is 1.89 bits per heavy atom. The molecule has 4 aromatic rings. The molecule has 2 aromatic heterocycles. The Labute approximate surface area is 219 Å². The van der Waals surface area contributed by atoms with Gasteiger partial charge in [0, 0.05) is 17.2 Å². The van der Waals surface area contributed by atoms with Crippen LogP contribution in [0.1, 0.15) is 16.3 Å². The van der Waals surface area contributed by atoms with Gasteiger partial charge in [0.25, 0.3) is 11.6 Å². The van der Waals surface area contributed by atoms with Crippen molar-refractivity contribution in [3.8, 4) is 11.5 Å². The quantitative estimate of drug-likeness (QED) is 0.179. The zero-order chi connectivity index (χ0) is 26.0. The van der Waals surface area contributed by atoms with Crippen molar-refractivity contribution in [1.29, 1.82) is 0 Å². The molecule has 1 amide bonds. The van der Waals surface area contributed by atoms with Gasteiger partial charge in [-0.25, -0.2) is 0 Å². The SMILES string of the molecule is O=C(Nc1cc(Oc2ccc(Cl)cc2Cl)cc([N+](=O)[O-])c1)c1ccc(Cn2cc(Br)c([N+](=O)[O-])n2)o1. The van der Waals surface area contributed by atoms with E-state index < -0.39 is 15.8 Å². The Bertz CT molecular complexity index is 1500. The van der Waals surface area contributed by atoms with Gasteiger partial charge in [0.1, 0.15) is 28.3 Å². The van der Waals surface area contributed by atoms with Crippen molar-refractivity contribution in [2.45, 2.75) is 6.54 Å². The molecule has 0 atom stereocenters. The summed E-state index contributed by atoms with van der Waals surface area (Å²) >= 11 is 15.0. The van der Waals surface area contributed by atoms with Crippen LogP contribution in [0.2, 0.25) is 10.0 Å². The van der Waals surface area contributed by atoms with E-state index in [1.54, 1.807) is 0 Å². The zero-order valence-corrected chi connectivity index (χ0v) is 20.8. The van der Waals surface area contributed by atoms with E-state index in [2.05, 4.69) is 26.3 Å². The third kappa shape index (κ3) is 5.82. The molecule has 36 heavy (non-hydrogen) atoms. The van der Waals surface area contributed by atoms with Crippen molar-refractivity contribution in [1.82, 2.24) is 9.78 Å². The van der Waals surface area contributed by atoms with E-state index in [1.807, 2.05) is 0 Å². The van der Waals surface area contributed by atoms with Crippen LogP contribution in [0, 0.1) is 20.2 Å². The van der Waals surface area contributed by atoms with E-state index in [1.165, 1.54) is 53.3 Å². The number of hydrogen-bond donors (Lipinski definition) is 1. The minimum atomic E-state index is -0.690. The van der Waals surface area contributed by atoms with Crippen LogP contribution in [-0.2, 0) is 6.54 Å². The van der Waals surface area contributed by atoms with Crippen molar-refractivity contribution in [2.75, 3.05) is 5.32 Å². The first-order valence-corrected chi connectivity index (χ1v) is 11.3. The minimum Gasteiger partial charge on any atom is -0.455 e. The average Bonchev–Trinajstić information content (AvgIpc) is 3.42. The Morgan fingerprint density at radius 3 is 2.56 bits per heavy atom. The van der Waals surface area contributed by atoms with Crippen LogP contribution in [0.25, 0.3) is 0 Å². The van der Waals surface area contributed by atoms with Crippen molar-refractivity contribution in [3.63, 3.8) is 0 Å². The number of rotatable bonds is 8. The van der Waals surface area contributed by atoms with Crippen LogP contribution in [0.3, 0.4) is 0 Å². The molecule has 2 heterocycles. The normalized spacial score (nSPS) is 10.8. The lowest BCUT2D eigenvalue weighted by Crippen LogP contribution is -2.11. The van der Waals surface area contributed by atoms with E-state index in [0.29, 0.717) is 10.8 Å². The molecule has 0 aliphatic heterocycles. The lowest BCUT2D eigenvalue weighted by Gasteiger charge is -2.10. The summed E-state index contributed by atoms with van der Waals surface area (Å²) in [7, 11) is 0. The second kappa shape index (κ2) is 10.4. The van der Waals surface area contributed by atoms with Gasteiger partial charge < -0.3 is 24.6 Å². The second-order valence-electron chi connectivity index (χ2n) is 7.12. The number of carbonyl (C=O) groups is 1. The topological polar surface area (TPSA) is 156 Å². The Kier molecular flexibility index (Phi) is 7.24. The summed E-state index contributed by atoms with van der Waals surface area (Å²) in [6.45, 7) is 0.0242. The smallest absolute Gasteiger partial charge is 0.404 e. The number of aromatic nitrogens is 2. The maximum Gasteiger partial charge on any atom is 0.404 e. The van der Waals surface area contributed by atoms with Crippen molar-refractivity contribution >= 4 is 62.2 Å². The van der Waals surface area contributed by atoms with Gasteiger partial charge in [-0.15, -0.1) is 0 Å². The highest BCUT2D eigenvalue weighted by Crippen LogP contribution is 2.35. The number of non-ortho nitro benzene ring substituents is 1. The van der Waals surface area contributed by atoms with E-state index in [4.69, 9.17) is 32.4 Å². The molecule has 0 unspecified atom stereocenters. The Hall–Kier alpha value is -3.94. The summed E-state index contributed by atoms with van der Waals surface area (Å²) in [5, 5.41) is 29.2. The molecule has 15 heteroatoms. The van der Waals surface area contributed by atoms with Gasteiger partial charge in [0.15, 0.2) is 5.76 Å². The van der Waals surface area contributed by atoms with Crippen molar-refractivity contribution in [3.05, 3.63) is 101 Å². The van der Waals surface area contributed by atoms with Gasteiger partial charge in [0.2, 0.25) is 0 Å². The molecule has 0 spiro atoms. The highest BCUT2D eigenvalue weighted by molar-refractivity contribution is 9.10. The standard InChI is InChI=1S/C21H12BrCl2N5O7/c22-16-10-27(26-20(16)29(33)34)9-14-2-4-19(35-14)21(30)25-12-6-13(28(31)32)8-15(7-12)36-18-3-1-11(23)5-17(18)24/h1-8,10H,9H2,(H,25,30). The van der Waals surface area contributed by atoms with Crippen LogP contribution in [-0.4, -0.2) is 25.5 Å². The summed E-state index contributed by atoms with van der Waals surface area (Å²) in [6.07, 6.45) is 1.40. The molecule has 0 fully saturated rings. The lowest BCUT2D eigenvalue weighted by molar-refractivity contribution is -0.390. The zero-order valence-electron chi connectivity index (χ0n) is 17.7. The number of nitrogens with one attached hydrogen (secondary N) is 1. The van der Waals surface area contributed by atoms with Gasteiger partial charge in [-0.3, -0.25) is 14.9 Å². The predicted octanol–water partition coefficient (Wildman–Crippen LogP) is 6.45. The number of nitrogens with zero attached hydrogens (tertiary/aromatic N) is 4. The summed E-state index contributed by atoms with van der Waals surface area (Å²) in [6, 6.07) is 11.1. The molecular weight excluding hydrogens is 585 g/mol. The number of anilines is 1. The fraction of sp³-hybridized carbons (Fsp3) is 0.0476. The first kappa shape index (κ1) is 25.2. The molecule has 184 valence electrons. The highest BCUT2D eigenvalue weighted by atomic mass is 79.9. The molecule has 1 N–H and O–H groups in total. The fourth-order valence-corrected chi connectivity index (χ4v) is 3.94. The van der Waals surface area contributed by atoms with Gasteiger partial charge in [0.05, 0.1) is 33.0 Å². The van der Waals surface area contributed by atoms with Gasteiger partial charge >= 0.3 is 5.82 Å². The predicted molar refractivity (Wildman–Crippen MR) is 132 cm³/mol. The number of benzene rings is 2. The molecule has 12 nitrogen and oxygen atoms in total. The second-order valence-corrected chi connectivity index (χ2v) is 8.82. The molecule has 0 bridgehead atoms. The van der Waals surface area contributed by atoms with Gasteiger partial charge in [-0.2, -0.15) is 4.68 Å². The highest BCUT2D eigenvalue weighted by Gasteiger charge is 2.21. The summed E-state index contributed by atoms with van der Waals surface area (Å²) < 4.78 is 12.6. The Balaban J connectivity index is 1.52. The maximum atomic E-state index is 12.7. The first-order chi connectivity index (χ1) is 17.1. The van der Waals surface area contributed by atoms with Crippen LogP contribution < -0.4 is 10.1 Å². The summed E-state index contributed by atoms with van der Waals surface area (Å²) in [5.74, 6) is -0.589. The summed E-state index contributed by atoms with van der Waals surface area (Å²) in [5.41, 5.74) is -0.266. The van der Waals surface area contributed by atoms with Gasteiger partial charge in [-0.1, -0.05) is 23.2 Å². The molecular formula is C21H12BrCl2N5O7. The van der Waals surface area contributed by atoms with E-state index in [0.717, 1.165) is 6.07 Å². The number of nitro benzene ring substituents is 1. The molecule has 2 aromatic carbocycles. The number of hydrogen-bond acceptors (Lipinski definition) is 8. The largest absolute Gasteiger partial charge is 0.455 e. The van der Waals surface area contributed by atoms with Gasteiger partial charge in [-0.05, 0) is 51.2 Å². The average molecular weight is 597 g/mol. The fourth-order valence-electron chi connectivity index (χ4n) is 3.03. The van der Waals surface area contributed by atoms with Crippen LogP contribution in [0.5, 0.6) is 11.5 Å².